The number of benzene rings is 2. The average Bonchev–Trinajstić information content (AvgIpc) is 3.49. The first kappa shape index (κ1) is 23.2. The van der Waals surface area contributed by atoms with Crippen LogP contribution in [0.1, 0.15) is 28.2 Å². The Bertz CT molecular complexity index is 1300. The molecule has 0 radical (unpaired) electrons. The Morgan fingerprint density at radius 2 is 1.74 bits per heavy atom. The molecule has 7 nitrogen and oxygen atoms in total. The fourth-order valence-corrected chi connectivity index (χ4v) is 3.67. The van der Waals surface area contributed by atoms with Crippen LogP contribution in [0.5, 0.6) is 0 Å². The molecular formula is C23H17F3N4O3S. The molecule has 34 heavy (non-hydrogen) atoms. The smallest absolute Gasteiger partial charge is 0.339 e. The maximum atomic E-state index is 12.9. The average molecular weight is 486 g/mol. The van der Waals surface area contributed by atoms with Crippen molar-refractivity contribution in [2.24, 2.45) is 0 Å². The van der Waals surface area contributed by atoms with Gasteiger partial charge in [-0.25, -0.2) is 0 Å². The van der Waals surface area contributed by atoms with Crippen LogP contribution in [0.15, 0.2) is 70.6 Å². The standard InChI is InChI=1S/C23H17F3N4O3S/c24-23(25,26)15-5-2-7-17(13-15)28-22(32)14-4-1-6-16(12-14)27-19(31)9-10-20-29-21(30-33-20)18-8-3-11-34-18/h1-8,11-13H,9-10H2,(H,27,31)(H,28,32). The minimum absolute atomic E-state index is 0.00994. The Labute approximate surface area is 195 Å². The maximum Gasteiger partial charge on any atom is 0.416 e. The third-order valence-electron chi connectivity index (χ3n) is 4.63. The number of amides is 2. The summed E-state index contributed by atoms with van der Waals surface area (Å²) >= 11 is 1.47. The van der Waals surface area contributed by atoms with Gasteiger partial charge in [0.2, 0.25) is 17.6 Å². The predicted octanol–water partition coefficient (Wildman–Crippen LogP) is 5.64. The summed E-state index contributed by atoms with van der Waals surface area (Å²) in [7, 11) is 0. The van der Waals surface area contributed by atoms with Gasteiger partial charge in [-0.05, 0) is 47.8 Å². The molecule has 2 aromatic heterocycles. The lowest BCUT2D eigenvalue weighted by Gasteiger charge is -2.11. The monoisotopic (exact) mass is 486 g/mol. The Kier molecular flexibility index (Phi) is 6.73. The van der Waals surface area contributed by atoms with Crippen molar-refractivity contribution < 1.29 is 27.3 Å². The summed E-state index contributed by atoms with van der Waals surface area (Å²) in [5.74, 6) is -0.147. The highest BCUT2D eigenvalue weighted by Crippen LogP contribution is 2.30. The quantitative estimate of drug-likeness (QED) is 0.352. The molecule has 0 aliphatic heterocycles. The van der Waals surface area contributed by atoms with Gasteiger partial charge in [0, 0.05) is 29.8 Å². The van der Waals surface area contributed by atoms with Gasteiger partial charge in [-0.3, -0.25) is 9.59 Å². The number of anilines is 2. The minimum Gasteiger partial charge on any atom is -0.339 e. The van der Waals surface area contributed by atoms with Crippen molar-refractivity contribution in [3.05, 3.63) is 83.1 Å². The summed E-state index contributed by atoms with van der Waals surface area (Å²) in [6.07, 6.45) is -4.20. The number of nitrogens with zero attached hydrogens (tertiary/aromatic N) is 2. The number of aryl methyl sites for hydroxylation is 1. The zero-order chi connectivity index (χ0) is 24.1. The van der Waals surface area contributed by atoms with Crippen LogP contribution in [-0.4, -0.2) is 22.0 Å². The third-order valence-corrected chi connectivity index (χ3v) is 5.50. The Hall–Kier alpha value is -3.99. The van der Waals surface area contributed by atoms with Gasteiger partial charge in [0.05, 0.1) is 10.4 Å². The number of alkyl halides is 3. The Morgan fingerprint density at radius 3 is 2.47 bits per heavy atom. The number of aromatic nitrogens is 2. The molecule has 0 bridgehead atoms. The first-order valence-corrected chi connectivity index (χ1v) is 10.9. The van der Waals surface area contributed by atoms with E-state index in [0.29, 0.717) is 17.4 Å². The molecule has 2 aromatic carbocycles. The zero-order valence-corrected chi connectivity index (χ0v) is 18.2. The fraction of sp³-hybridized carbons (Fsp3) is 0.130. The molecule has 2 amide bonds. The second kappa shape index (κ2) is 9.87. The maximum absolute atomic E-state index is 12.9. The molecule has 2 heterocycles. The van der Waals surface area contributed by atoms with Crippen LogP contribution in [0.4, 0.5) is 24.5 Å². The fourth-order valence-electron chi connectivity index (χ4n) is 3.02. The SMILES string of the molecule is O=C(CCc1nc(-c2cccs2)no1)Nc1cccc(C(=O)Nc2cccc(C(F)(F)F)c2)c1. The van der Waals surface area contributed by atoms with E-state index >= 15 is 0 Å². The van der Waals surface area contributed by atoms with E-state index in [1.165, 1.54) is 35.6 Å². The predicted molar refractivity (Wildman–Crippen MR) is 120 cm³/mol. The second-order valence-electron chi connectivity index (χ2n) is 7.15. The number of nitrogens with one attached hydrogen (secondary N) is 2. The van der Waals surface area contributed by atoms with Gasteiger partial charge in [-0.1, -0.05) is 23.4 Å². The van der Waals surface area contributed by atoms with Crippen molar-refractivity contribution >= 4 is 34.5 Å². The topological polar surface area (TPSA) is 97.1 Å². The number of carbonyl (C=O) groups excluding carboxylic acids is 2. The van der Waals surface area contributed by atoms with E-state index in [4.69, 9.17) is 4.52 Å². The number of rotatable bonds is 7. The summed E-state index contributed by atoms with van der Waals surface area (Å²) in [4.78, 5) is 29.9. The number of thiophene rings is 1. The van der Waals surface area contributed by atoms with Gasteiger partial charge < -0.3 is 15.2 Å². The zero-order valence-electron chi connectivity index (χ0n) is 17.4. The second-order valence-corrected chi connectivity index (χ2v) is 8.10. The van der Waals surface area contributed by atoms with Crippen molar-refractivity contribution in [2.45, 2.75) is 19.0 Å². The van der Waals surface area contributed by atoms with E-state index in [0.717, 1.165) is 17.0 Å². The number of hydrogen-bond donors (Lipinski definition) is 2. The lowest BCUT2D eigenvalue weighted by atomic mass is 10.1. The molecule has 0 saturated carbocycles. The molecule has 0 spiro atoms. The van der Waals surface area contributed by atoms with Gasteiger partial charge in [0.25, 0.3) is 5.91 Å². The summed E-state index contributed by atoms with van der Waals surface area (Å²) < 4.78 is 43.8. The normalized spacial score (nSPS) is 11.3. The molecule has 11 heteroatoms. The molecule has 0 atom stereocenters. The first-order chi connectivity index (χ1) is 16.3. The highest BCUT2D eigenvalue weighted by Gasteiger charge is 2.30. The van der Waals surface area contributed by atoms with Crippen LogP contribution < -0.4 is 10.6 Å². The molecule has 0 aliphatic carbocycles. The minimum atomic E-state index is -4.52. The summed E-state index contributed by atoms with van der Waals surface area (Å²) in [5.41, 5.74) is -0.315. The summed E-state index contributed by atoms with van der Waals surface area (Å²) in [6, 6.07) is 14.2. The lowest BCUT2D eigenvalue weighted by molar-refractivity contribution is -0.137. The van der Waals surface area contributed by atoms with Crippen molar-refractivity contribution in [3.63, 3.8) is 0 Å². The molecule has 174 valence electrons. The van der Waals surface area contributed by atoms with Crippen LogP contribution in [-0.2, 0) is 17.4 Å². The molecule has 0 fully saturated rings. The lowest BCUT2D eigenvalue weighted by Crippen LogP contribution is -2.15. The van der Waals surface area contributed by atoms with E-state index in [2.05, 4.69) is 20.8 Å². The van der Waals surface area contributed by atoms with Crippen molar-refractivity contribution in [1.29, 1.82) is 0 Å². The summed E-state index contributed by atoms with van der Waals surface area (Å²) in [6.45, 7) is 0. The number of halogens is 3. The van der Waals surface area contributed by atoms with E-state index in [-0.39, 0.29) is 30.0 Å². The van der Waals surface area contributed by atoms with Gasteiger partial charge >= 0.3 is 6.18 Å². The highest BCUT2D eigenvalue weighted by molar-refractivity contribution is 7.13. The van der Waals surface area contributed by atoms with Gasteiger partial charge in [0.1, 0.15) is 0 Å². The molecule has 0 unspecified atom stereocenters. The highest BCUT2D eigenvalue weighted by atomic mass is 32.1. The molecule has 0 saturated heterocycles. The van der Waals surface area contributed by atoms with Crippen molar-refractivity contribution in [3.8, 4) is 10.7 Å². The van der Waals surface area contributed by atoms with Crippen LogP contribution >= 0.6 is 11.3 Å². The molecule has 0 aliphatic rings. The van der Waals surface area contributed by atoms with Crippen LogP contribution in [0.3, 0.4) is 0 Å². The molecule has 2 N–H and O–H groups in total. The van der Waals surface area contributed by atoms with Crippen molar-refractivity contribution in [2.75, 3.05) is 10.6 Å². The van der Waals surface area contributed by atoms with Gasteiger partial charge in [-0.2, -0.15) is 18.2 Å². The summed E-state index contributed by atoms with van der Waals surface area (Å²) in [5, 5.41) is 10.9. The van der Waals surface area contributed by atoms with Gasteiger partial charge in [0.15, 0.2) is 0 Å². The largest absolute Gasteiger partial charge is 0.416 e. The number of hydrogen-bond acceptors (Lipinski definition) is 6. The van der Waals surface area contributed by atoms with Gasteiger partial charge in [-0.15, -0.1) is 11.3 Å². The van der Waals surface area contributed by atoms with Crippen LogP contribution in [0, 0.1) is 0 Å². The van der Waals surface area contributed by atoms with E-state index in [1.54, 1.807) is 12.1 Å². The van der Waals surface area contributed by atoms with E-state index in [9.17, 15) is 22.8 Å². The Morgan fingerprint density at radius 1 is 0.971 bits per heavy atom. The van der Waals surface area contributed by atoms with Crippen molar-refractivity contribution in [1.82, 2.24) is 10.1 Å². The first-order valence-electron chi connectivity index (χ1n) is 10.0. The number of carbonyl (C=O) groups is 2. The van der Waals surface area contributed by atoms with E-state index in [1.807, 2.05) is 17.5 Å². The van der Waals surface area contributed by atoms with Crippen LogP contribution in [0.2, 0.25) is 0 Å². The molecule has 4 aromatic rings. The third kappa shape index (κ3) is 5.87. The van der Waals surface area contributed by atoms with Crippen LogP contribution in [0.25, 0.3) is 10.7 Å². The molecule has 4 rings (SSSR count). The Balaban J connectivity index is 1.34. The van der Waals surface area contributed by atoms with E-state index < -0.39 is 17.6 Å². The molecular weight excluding hydrogens is 469 g/mol.